The molecule has 0 bridgehead atoms. The third-order valence-electron chi connectivity index (χ3n) is 4.91. The number of nitrogens with zero attached hydrogens (tertiary/aromatic N) is 1. The summed E-state index contributed by atoms with van der Waals surface area (Å²) in [5, 5.41) is 0. The molecule has 1 amide bonds. The SMILES string of the molecule is CC(C)N(C)C(=O)C1(NS(=O)(=O)c2ccc(N)c(N)c2)CCCCC1. The van der Waals surface area contributed by atoms with Crippen molar-refractivity contribution in [1.82, 2.24) is 9.62 Å². The van der Waals surface area contributed by atoms with Crippen molar-refractivity contribution >= 4 is 27.3 Å². The van der Waals surface area contributed by atoms with Crippen LogP contribution in [0.15, 0.2) is 23.1 Å². The molecule has 1 aliphatic carbocycles. The Morgan fingerprint density at radius 1 is 1.16 bits per heavy atom. The van der Waals surface area contributed by atoms with Gasteiger partial charge in [0.25, 0.3) is 0 Å². The molecule has 2 rings (SSSR count). The monoisotopic (exact) mass is 368 g/mol. The van der Waals surface area contributed by atoms with Gasteiger partial charge in [0.15, 0.2) is 0 Å². The summed E-state index contributed by atoms with van der Waals surface area (Å²) in [5.41, 5.74) is 10.8. The Labute approximate surface area is 149 Å². The normalized spacial score (nSPS) is 17.4. The van der Waals surface area contributed by atoms with Crippen molar-refractivity contribution < 1.29 is 13.2 Å². The molecule has 7 nitrogen and oxygen atoms in total. The van der Waals surface area contributed by atoms with Crippen LogP contribution in [0.2, 0.25) is 0 Å². The molecule has 0 unspecified atom stereocenters. The van der Waals surface area contributed by atoms with E-state index < -0.39 is 15.6 Å². The van der Waals surface area contributed by atoms with Crippen molar-refractivity contribution in [1.29, 1.82) is 0 Å². The fourth-order valence-corrected chi connectivity index (χ4v) is 4.58. The second-order valence-electron chi connectivity index (χ2n) is 7.05. The highest BCUT2D eigenvalue weighted by atomic mass is 32.2. The number of carbonyl (C=O) groups is 1. The fourth-order valence-electron chi connectivity index (χ4n) is 3.12. The summed E-state index contributed by atoms with van der Waals surface area (Å²) in [6.45, 7) is 3.81. The number of benzene rings is 1. The minimum absolute atomic E-state index is 0.0111. The zero-order chi connectivity index (χ0) is 18.8. The molecular formula is C17H28N4O3S. The average molecular weight is 369 g/mol. The molecule has 140 valence electrons. The Bertz CT molecular complexity index is 740. The fraction of sp³-hybridized carbons (Fsp3) is 0.588. The number of hydrogen-bond acceptors (Lipinski definition) is 5. The van der Waals surface area contributed by atoms with Crippen LogP contribution in [0.1, 0.15) is 46.0 Å². The number of rotatable bonds is 5. The van der Waals surface area contributed by atoms with E-state index in [0.717, 1.165) is 19.3 Å². The molecule has 0 aromatic heterocycles. The van der Waals surface area contributed by atoms with E-state index in [2.05, 4.69) is 4.72 Å². The lowest BCUT2D eigenvalue weighted by molar-refractivity contribution is -0.139. The van der Waals surface area contributed by atoms with Crippen molar-refractivity contribution in [2.45, 2.75) is 62.4 Å². The molecule has 0 spiro atoms. The lowest BCUT2D eigenvalue weighted by atomic mass is 9.81. The molecule has 1 aromatic rings. The summed E-state index contributed by atoms with van der Waals surface area (Å²) < 4.78 is 28.5. The third-order valence-corrected chi connectivity index (χ3v) is 6.44. The standard InChI is InChI=1S/C17H28N4O3S/c1-12(2)21(3)16(22)17(9-5-4-6-10-17)20-25(23,24)13-7-8-14(18)15(19)11-13/h7-8,11-12,20H,4-6,9-10,18-19H2,1-3H3. The predicted molar refractivity (Wildman–Crippen MR) is 99.3 cm³/mol. The Morgan fingerprint density at radius 2 is 1.76 bits per heavy atom. The molecular weight excluding hydrogens is 340 g/mol. The van der Waals surface area contributed by atoms with Gasteiger partial charge in [-0.2, -0.15) is 4.72 Å². The summed E-state index contributed by atoms with van der Waals surface area (Å²) in [7, 11) is -2.19. The summed E-state index contributed by atoms with van der Waals surface area (Å²) >= 11 is 0. The van der Waals surface area contributed by atoms with Crippen LogP contribution in [0.5, 0.6) is 0 Å². The van der Waals surface area contributed by atoms with Gasteiger partial charge in [-0.25, -0.2) is 8.42 Å². The molecule has 0 heterocycles. The molecule has 8 heteroatoms. The molecule has 0 aliphatic heterocycles. The van der Waals surface area contributed by atoms with E-state index >= 15 is 0 Å². The van der Waals surface area contributed by atoms with Gasteiger partial charge in [0.05, 0.1) is 16.3 Å². The second-order valence-corrected chi connectivity index (χ2v) is 8.73. The highest BCUT2D eigenvalue weighted by molar-refractivity contribution is 7.89. The van der Waals surface area contributed by atoms with Crippen LogP contribution in [0.3, 0.4) is 0 Å². The predicted octanol–water partition coefficient (Wildman–Crippen LogP) is 1.70. The van der Waals surface area contributed by atoms with Gasteiger partial charge in [-0.3, -0.25) is 4.79 Å². The van der Waals surface area contributed by atoms with Crippen LogP contribution in [0.4, 0.5) is 11.4 Å². The lowest BCUT2D eigenvalue weighted by Gasteiger charge is -2.40. The molecule has 1 saturated carbocycles. The Balaban J connectivity index is 2.39. The highest BCUT2D eigenvalue weighted by Gasteiger charge is 2.45. The molecule has 0 saturated heterocycles. The quantitative estimate of drug-likeness (QED) is 0.684. The molecule has 5 N–H and O–H groups in total. The number of carbonyl (C=O) groups excluding carboxylic acids is 1. The maximum atomic E-state index is 13.0. The van der Waals surface area contributed by atoms with Crippen LogP contribution >= 0.6 is 0 Å². The molecule has 1 fully saturated rings. The zero-order valence-corrected chi connectivity index (χ0v) is 15.9. The van der Waals surface area contributed by atoms with Gasteiger partial charge in [-0.15, -0.1) is 0 Å². The zero-order valence-electron chi connectivity index (χ0n) is 15.1. The number of likely N-dealkylation sites (N-methyl/N-ethyl adjacent to an activating group) is 1. The van der Waals surface area contributed by atoms with Gasteiger partial charge >= 0.3 is 0 Å². The maximum Gasteiger partial charge on any atom is 0.243 e. The molecule has 1 aliphatic rings. The van der Waals surface area contributed by atoms with Crippen molar-refractivity contribution in [2.24, 2.45) is 0 Å². The van der Waals surface area contributed by atoms with E-state index in [1.807, 2.05) is 13.8 Å². The minimum Gasteiger partial charge on any atom is -0.397 e. The van der Waals surface area contributed by atoms with Gasteiger partial charge in [-0.1, -0.05) is 19.3 Å². The van der Waals surface area contributed by atoms with Gasteiger partial charge in [0, 0.05) is 13.1 Å². The second kappa shape index (κ2) is 7.21. The first kappa shape index (κ1) is 19.5. The van der Waals surface area contributed by atoms with Crippen LogP contribution in [-0.2, 0) is 14.8 Å². The summed E-state index contributed by atoms with van der Waals surface area (Å²) in [6.07, 6.45) is 3.60. The van der Waals surface area contributed by atoms with Gasteiger partial charge < -0.3 is 16.4 Å². The number of anilines is 2. The van der Waals surface area contributed by atoms with E-state index in [1.165, 1.54) is 18.2 Å². The van der Waals surface area contributed by atoms with Crippen LogP contribution < -0.4 is 16.2 Å². The molecule has 25 heavy (non-hydrogen) atoms. The summed E-state index contributed by atoms with van der Waals surface area (Å²) in [6, 6.07) is 4.17. The number of sulfonamides is 1. The number of hydrogen-bond donors (Lipinski definition) is 3. The highest BCUT2D eigenvalue weighted by Crippen LogP contribution is 2.32. The van der Waals surface area contributed by atoms with Crippen molar-refractivity contribution in [3.8, 4) is 0 Å². The first-order valence-electron chi connectivity index (χ1n) is 8.55. The first-order valence-corrected chi connectivity index (χ1v) is 10.0. The third kappa shape index (κ3) is 4.07. The largest absolute Gasteiger partial charge is 0.397 e. The van der Waals surface area contributed by atoms with E-state index in [4.69, 9.17) is 11.5 Å². The van der Waals surface area contributed by atoms with Gasteiger partial charge in [-0.05, 0) is 44.9 Å². The first-order chi connectivity index (χ1) is 11.6. The average Bonchev–Trinajstić information content (AvgIpc) is 2.56. The summed E-state index contributed by atoms with van der Waals surface area (Å²) in [4.78, 5) is 14.7. The topological polar surface area (TPSA) is 119 Å². The number of nitrogen functional groups attached to an aromatic ring is 2. The summed E-state index contributed by atoms with van der Waals surface area (Å²) in [5.74, 6) is -0.186. The van der Waals surface area contributed by atoms with E-state index in [0.29, 0.717) is 18.5 Å². The smallest absolute Gasteiger partial charge is 0.243 e. The van der Waals surface area contributed by atoms with Gasteiger partial charge in [0.1, 0.15) is 5.54 Å². The Hall–Kier alpha value is -1.80. The maximum absolute atomic E-state index is 13.0. The lowest BCUT2D eigenvalue weighted by Crippen LogP contribution is -2.60. The number of amides is 1. The van der Waals surface area contributed by atoms with E-state index in [9.17, 15) is 13.2 Å². The van der Waals surface area contributed by atoms with Crippen molar-refractivity contribution in [3.05, 3.63) is 18.2 Å². The minimum atomic E-state index is -3.89. The van der Waals surface area contributed by atoms with E-state index in [-0.39, 0.29) is 22.5 Å². The molecule has 0 radical (unpaired) electrons. The Kier molecular flexibility index (Phi) is 5.63. The van der Waals surface area contributed by atoms with Crippen LogP contribution in [0.25, 0.3) is 0 Å². The van der Waals surface area contributed by atoms with Crippen molar-refractivity contribution in [2.75, 3.05) is 18.5 Å². The van der Waals surface area contributed by atoms with Crippen molar-refractivity contribution in [3.63, 3.8) is 0 Å². The van der Waals surface area contributed by atoms with E-state index in [1.54, 1.807) is 11.9 Å². The van der Waals surface area contributed by atoms with Gasteiger partial charge in [0.2, 0.25) is 15.9 Å². The van der Waals surface area contributed by atoms with Crippen LogP contribution in [-0.4, -0.2) is 37.9 Å². The number of nitrogens with two attached hydrogens (primary N) is 2. The van der Waals surface area contributed by atoms with Crippen LogP contribution in [0, 0.1) is 0 Å². The Morgan fingerprint density at radius 3 is 2.28 bits per heavy atom. The number of nitrogens with one attached hydrogen (secondary N) is 1. The molecule has 1 aromatic carbocycles. The molecule has 0 atom stereocenters.